The van der Waals surface area contributed by atoms with Crippen molar-refractivity contribution in [3.63, 3.8) is 0 Å². The van der Waals surface area contributed by atoms with E-state index in [0.717, 1.165) is 36.1 Å². The van der Waals surface area contributed by atoms with Crippen LogP contribution in [0.4, 0.5) is 23.1 Å². The van der Waals surface area contributed by atoms with E-state index in [1.54, 1.807) is 30.6 Å². The molecule has 3 aromatic rings. The number of imidazole rings is 1. The lowest BCUT2D eigenvalue weighted by Crippen LogP contribution is -2.17. The Morgan fingerprint density at radius 1 is 1.11 bits per heavy atom. The molecule has 0 atom stereocenters. The first kappa shape index (κ1) is 17.5. The Morgan fingerprint density at radius 2 is 1.81 bits per heavy atom. The number of rotatable bonds is 6. The smallest absolute Gasteiger partial charge is 0.307 e. The summed E-state index contributed by atoms with van der Waals surface area (Å²) in [4.78, 5) is 15.3. The minimum Gasteiger partial charge on any atom is -0.364 e. The molecule has 0 radical (unpaired) electrons. The molecule has 1 aliphatic rings. The van der Waals surface area contributed by atoms with Crippen molar-refractivity contribution in [2.75, 3.05) is 21.6 Å². The molecule has 1 fully saturated rings. The molecule has 0 unspecified atom stereocenters. The predicted molar refractivity (Wildman–Crippen MR) is 105 cm³/mol. The van der Waals surface area contributed by atoms with Crippen LogP contribution in [0, 0.1) is 0 Å². The monoisotopic (exact) mass is 388 g/mol. The third kappa shape index (κ3) is 4.27. The second-order valence-corrected chi connectivity index (χ2v) is 8.50. The minimum absolute atomic E-state index is 0.431. The Kier molecular flexibility index (Phi) is 4.56. The molecule has 1 aliphatic carbocycles. The number of aromatic amines is 2. The molecule has 142 valence electrons. The van der Waals surface area contributed by atoms with Gasteiger partial charge in [-0.3, -0.25) is 9.71 Å². The third-order valence-electron chi connectivity index (χ3n) is 4.47. The lowest BCUT2D eigenvalue weighted by atomic mass is 10.2. The number of fused-ring (bicyclic) bond motifs is 1. The number of benzene rings is 1. The highest BCUT2D eigenvalue weighted by Crippen LogP contribution is 2.26. The van der Waals surface area contributed by atoms with Crippen LogP contribution < -0.4 is 20.3 Å². The molecule has 2 heterocycles. The van der Waals surface area contributed by atoms with Crippen molar-refractivity contribution in [2.45, 2.75) is 31.7 Å². The van der Waals surface area contributed by atoms with Gasteiger partial charge in [-0.25, -0.2) is 13.4 Å². The Balaban J connectivity index is 1.56. The molecule has 4 rings (SSSR count). The third-order valence-corrected chi connectivity index (χ3v) is 5.08. The van der Waals surface area contributed by atoms with E-state index in [0.29, 0.717) is 23.3 Å². The van der Waals surface area contributed by atoms with Crippen molar-refractivity contribution in [2.24, 2.45) is 0 Å². The summed E-state index contributed by atoms with van der Waals surface area (Å²) in [6.45, 7) is 0. The van der Waals surface area contributed by atoms with Crippen molar-refractivity contribution >= 4 is 44.3 Å². The summed E-state index contributed by atoms with van der Waals surface area (Å²) in [6.07, 6.45) is 7.62. The molecule has 0 saturated heterocycles. The Bertz CT molecular complexity index is 1040. The van der Waals surface area contributed by atoms with Crippen LogP contribution in [0.2, 0.25) is 0 Å². The fourth-order valence-corrected chi connectivity index (χ4v) is 3.83. The number of H-pyrrole nitrogens is 2. The van der Waals surface area contributed by atoms with Gasteiger partial charge in [-0.05, 0) is 37.1 Å². The standard InChI is InChI=1S/C17H21N7O2S/c1-27(25,26)24-13-8-6-12(7-9-13)21-17-22-15-14(18-10-19-15)16(23-17)20-11-4-2-3-5-11/h6-11,24H,2-5H2,1H3,(H3,18,19,20,21,22,23)/p+1. The fraction of sp³-hybridized carbons (Fsp3) is 0.353. The molecule has 2 aromatic heterocycles. The number of nitrogens with zero attached hydrogens (tertiary/aromatic N) is 2. The number of anilines is 4. The van der Waals surface area contributed by atoms with E-state index < -0.39 is 10.0 Å². The van der Waals surface area contributed by atoms with E-state index >= 15 is 0 Å². The lowest BCUT2D eigenvalue weighted by Gasteiger charge is -2.12. The lowest BCUT2D eigenvalue weighted by molar-refractivity contribution is -0.347. The number of nitrogens with one attached hydrogen (secondary N) is 5. The topological polar surface area (TPSA) is 126 Å². The molecule has 5 N–H and O–H groups in total. The Hall–Kier alpha value is -2.88. The predicted octanol–water partition coefficient (Wildman–Crippen LogP) is 2.24. The summed E-state index contributed by atoms with van der Waals surface area (Å²) in [6, 6.07) is 7.34. The van der Waals surface area contributed by atoms with E-state index in [9.17, 15) is 8.42 Å². The van der Waals surface area contributed by atoms with Gasteiger partial charge in [0.2, 0.25) is 15.5 Å². The zero-order chi connectivity index (χ0) is 18.9. The van der Waals surface area contributed by atoms with Crippen LogP contribution in [-0.4, -0.2) is 35.7 Å². The molecule has 0 amide bonds. The van der Waals surface area contributed by atoms with E-state index in [4.69, 9.17) is 0 Å². The van der Waals surface area contributed by atoms with Gasteiger partial charge in [0.15, 0.2) is 12.1 Å². The van der Waals surface area contributed by atoms with Gasteiger partial charge in [-0.1, -0.05) is 17.8 Å². The van der Waals surface area contributed by atoms with Gasteiger partial charge in [0.05, 0.1) is 6.26 Å². The maximum atomic E-state index is 11.3. The number of hydrogen-bond acceptors (Lipinski definition) is 6. The zero-order valence-electron chi connectivity index (χ0n) is 14.9. The summed E-state index contributed by atoms with van der Waals surface area (Å²) >= 11 is 0. The van der Waals surface area contributed by atoms with Gasteiger partial charge in [0.1, 0.15) is 0 Å². The quantitative estimate of drug-likeness (QED) is 0.513. The van der Waals surface area contributed by atoms with Crippen molar-refractivity contribution < 1.29 is 13.4 Å². The zero-order valence-corrected chi connectivity index (χ0v) is 15.7. The van der Waals surface area contributed by atoms with Crippen molar-refractivity contribution in [3.8, 4) is 0 Å². The molecule has 0 bridgehead atoms. The summed E-state index contributed by atoms with van der Waals surface area (Å²) in [7, 11) is -3.30. The van der Waals surface area contributed by atoms with Gasteiger partial charge < -0.3 is 10.6 Å². The largest absolute Gasteiger partial charge is 0.364 e. The first-order valence-electron chi connectivity index (χ1n) is 8.84. The SMILES string of the molecule is CS(=O)(=O)Nc1ccc(Nc2nc(NC3CCCC3)c3[nH]c[nH+]c3n2)cc1. The molecule has 1 aromatic carbocycles. The number of aromatic nitrogens is 4. The molecule has 1 saturated carbocycles. The second kappa shape index (κ2) is 7.03. The van der Waals surface area contributed by atoms with Gasteiger partial charge in [-0.2, -0.15) is 4.98 Å². The van der Waals surface area contributed by atoms with Crippen LogP contribution in [0.15, 0.2) is 30.6 Å². The minimum atomic E-state index is -3.30. The van der Waals surface area contributed by atoms with Gasteiger partial charge in [0, 0.05) is 17.4 Å². The molecule has 0 aliphatic heterocycles. The number of sulfonamides is 1. The van der Waals surface area contributed by atoms with Gasteiger partial charge >= 0.3 is 11.6 Å². The van der Waals surface area contributed by atoms with Crippen LogP contribution >= 0.6 is 0 Å². The summed E-state index contributed by atoms with van der Waals surface area (Å²) in [5, 5.41) is 6.68. The molecule has 27 heavy (non-hydrogen) atoms. The van der Waals surface area contributed by atoms with E-state index in [1.165, 1.54) is 12.8 Å². The summed E-state index contributed by atoms with van der Waals surface area (Å²) in [5.41, 5.74) is 2.82. The molecule has 9 nitrogen and oxygen atoms in total. The molecular formula is C17H22N7O2S+. The van der Waals surface area contributed by atoms with Crippen LogP contribution in [-0.2, 0) is 10.0 Å². The first-order chi connectivity index (χ1) is 13.0. The Labute approximate surface area is 157 Å². The first-order valence-corrected chi connectivity index (χ1v) is 10.7. The van der Waals surface area contributed by atoms with Crippen LogP contribution in [0.25, 0.3) is 11.2 Å². The molecule has 0 spiro atoms. The summed E-state index contributed by atoms with van der Waals surface area (Å²) < 4.78 is 25.0. The van der Waals surface area contributed by atoms with Crippen molar-refractivity contribution in [1.82, 2.24) is 15.0 Å². The summed E-state index contributed by atoms with van der Waals surface area (Å²) in [5.74, 6) is 1.23. The van der Waals surface area contributed by atoms with E-state index in [1.807, 2.05) is 0 Å². The van der Waals surface area contributed by atoms with Crippen LogP contribution in [0.1, 0.15) is 25.7 Å². The average molecular weight is 388 g/mol. The fourth-order valence-electron chi connectivity index (χ4n) is 3.27. The van der Waals surface area contributed by atoms with Gasteiger partial charge in [0.25, 0.3) is 0 Å². The maximum absolute atomic E-state index is 11.3. The van der Waals surface area contributed by atoms with Crippen LogP contribution in [0.5, 0.6) is 0 Å². The van der Waals surface area contributed by atoms with Crippen LogP contribution in [0.3, 0.4) is 0 Å². The Morgan fingerprint density at radius 3 is 2.52 bits per heavy atom. The highest BCUT2D eigenvalue weighted by Gasteiger charge is 2.21. The van der Waals surface area contributed by atoms with Gasteiger partial charge in [-0.15, -0.1) is 0 Å². The van der Waals surface area contributed by atoms with E-state index in [-0.39, 0.29) is 0 Å². The molecule has 10 heteroatoms. The average Bonchev–Trinajstić information content (AvgIpc) is 3.27. The van der Waals surface area contributed by atoms with Crippen molar-refractivity contribution in [1.29, 1.82) is 0 Å². The highest BCUT2D eigenvalue weighted by molar-refractivity contribution is 7.92. The molecular weight excluding hydrogens is 366 g/mol. The van der Waals surface area contributed by atoms with Crippen molar-refractivity contribution in [3.05, 3.63) is 30.6 Å². The second-order valence-electron chi connectivity index (χ2n) is 6.75. The maximum Gasteiger partial charge on any atom is 0.307 e. The van der Waals surface area contributed by atoms with E-state index in [2.05, 4.69) is 35.3 Å². The normalized spacial score (nSPS) is 15.1. The highest BCUT2D eigenvalue weighted by atomic mass is 32.2. The number of hydrogen-bond donors (Lipinski definition) is 4.